The molecule has 6 nitrogen and oxygen atoms in total. The number of nitrogens with one attached hydrogen (secondary N) is 1. The number of rotatable bonds is 5. The zero-order chi connectivity index (χ0) is 13.3. The molecule has 1 aromatic rings. The fourth-order valence-electron chi connectivity index (χ4n) is 1.43. The highest BCUT2D eigenvalue weighted by Gasteiger charge is 2.30. The van der Waals surface area contributed by atoms with Crippen LogP contribution in [0.2, 0.25) is 0 Å². The minimum absolute atomic E-state index is 0.0423. The fourth-order valence-corrected chi connectivity index (χ4v) is 1.43. The summed E-state index contributed by atoms with van der Waals surface area (Å²) in [5.41, 5.74) is -0.202. The van der Waals surface area contributed by atoms with Crippen LogP contribution in [0.3, 0.4) is 0 Å². The van der Waals surface area contributed by atoms with Gasteiger partial charge in [-0.2, -0.15) is 0 Å². The number of carboxylic acid groups (broad SMARTS) is 1. The zero-order valence-corrected chi connectivity index (χ0v) is 10.4. The predicted octanol–water partition coefficient (Wildman–Crippen LogP) is 1.39. The lowest BCUT2D eigenvalue weighted by molar-refractivity contribution is -0.146. The van der Waals surface area contributed by atoms with E-state index in [1.165, 1.54) is 0 Å². The summed E-state index contributed by atoms with van der Waals surface area (Å²) in [7, 11) is 0. The van der Waals surface area contributed by atoms with Gasteiger partial charge in [0, 0.05) is 18.5 Å². The number of hydrogen-bond donors (Lipinski definition) is 2. The molecule has 2 N–H and O–H groups in total. The summed E-state index contributed by atoms with van der Waals surface area (Å²) in [6.07, 6.45) is 2.17. The fraction of sp³-hybridized carbons (Fsp3) is 0.583. The molecule has 1 aliphatic rings. The third kappa shape index (κ3) is 2.69. The summed E-state index contributed by atoms with van der Waals surface area (Å²) >= 11 is 0. The Kier molecular flexibility index (Phi) is 3.11. The largest absolute Gasteiger partial charge is 0.481 e. The first-order valence-electron chi connectivity index (χ1n) is 5.88. The van der Waals surface area contributed by atoms with E-state index in [1.54, 1.807) is 19.9 Å². The molecule has 1 heterocycles. The molecular formula is C12H16N2O4. The van der Waals surface area contributed by atoms with Crippen LogP contribution >= 0.6 is 0 Å². The Labute approximate surface area is 104 Å². The van der Waals surface area contributed by atoms with Crippen molar-refractivity contribution in [1.29, 1.82) is 0 Å². The standard InChI is InChI=1S/C12H16N2O4/c1-12(2,11(16)17)6-13-10(15)9-5-8(14-18-9)7-3-4-7/h5,7H,3-4,6H2,1-2H3,(H,13,15)(H,16,17). The topological polar surface area (TPSA) is 92.4 Å². The predicted molar refractivity (Wildman–Crippen MR) is 62.2 cm³/mol. The van der Waals surface area contributed by atoms with Crippen molar-refractivity contribution in [3.63, 3.8) is 0 Å². The quantitative estimate of drug-likeness (QED) is 0.826. The molecule has 0 atom stereocenters. The van der Waals surface area contributed by atoms with Crippen molar-refractivity contribution in [3.05, 3.63) is 17.5 Å². The van der Waals surface area contributed by atoms with Crippen LogP contribution in [-0.4, -0.2) is 28.7 Å². The second-order valence-corrected chi connectivity index (χ2v) is 5.26. The number of aromatic nitrogens is 1. The normalized spacial score (nSPS) is 15.4. The summed E-state index contributed by atoms with van der Waals surface area (Å²) in [4.78, 5) is 22.6. The van der Waals surface area contributed by atoms with Crippen molar-refractivity contribution in [2.75, 3.05) is 6.54 Å². The summed E-state index contributed by atoms with van der Waals surface area (Å²) in [6, 6.07) is 1.63. The molecule has 0 unspecified atom stereocenters. The Bertz CT molecular complexity index is 474. The SMILES string of the molecule is CC(C)(CNC(=O)c1cc(C2CC2)no1)C(=O)O. The second kappa shape index (κ2) is 4.44. The molecule has 1 aliphatic carbocycles. The maximum atomic E-state index is 11.7. The molecule has 0 saturated heterocycles. The van der Waals surface area contributed by atoms with Crippen LogP contribution in [-0.2, 0) is 4.79 Å². The molecule has 1 aromatic heterocycles. The Morgan fingerprint density at radius 2 is 2.22 bits per heavy atom. The van der Waals surface area contributed by atoms with Gasteiger partial charge < -0.3 is 14.9 Å². The first kappa shape index (κ1) is 12.6. The molecule has 1 amide bonds. The highest BCUT2D eigenvalue weighted by atomic mass is 16.5. The van der Waals surface area contributed by atoms with Crippen LogP contribution in [0.25, 0.3) is 0 Å². The van der Waals surface area contributed by atoms with E-state index in [9.17, 15) is 9.59 Å². The van der Waals surface area contributed by atoms with Crippen molar-refractivity contribution >= 4 is 11.9 Å². The number of amides is 1. The van der Waals surface area contributed by atoms with Crippen molar-refractivity contribution in [2.24, 2.45) is 5.41 Å². The summed E-state index contributed by atoms with van der Waals surface area (Å²) in [5, 5.41) is 15.3. The highest BCUT2D eigenvalue weighted by Crippen LogP contribution is 2.39. The number of nitrogens with zero attached hydrogens (tertiary/aromatic N) is 1. The first-order valence-corrected chi connectivity index (χ1v) is 5.88. The molecule has 1 fully saturated rings. The summed E-state index contributed by atoms with van der Waals surface area (Å²) in [5.74, 6) is -0.827. The zero-order valence-electron chi connectivity index (χ0n) is 10.4. The van der Waals surface area contributed by atoms with Crippen LogP contribution in [0.5, 0.6) is 0 Å². The lowest BCUT2D eigenvalue weighted by Gasteiger charge is -2.18. The van der Waals surface area contributed by atoms with E-state index in [4.69, 9.17) is 9.63 Å². The maximum absolute atomic E-state index is 11.7. The monoisotopic (exact) mass is 252 g/mol. The minimum atomic E-state index is -1.00. The molecule has 0 aromatic carbocycles. The van der Waals surface area contributed by atoms with Crippen LogP contribution in [0.4, 0.5) is 0 Å². The highest BCUT2D eigenvalue weighted by molar-refractivity contribution is 5.91. The van der Waals surface area contributed by atoms with Gasteiger partial charge in [-0.15, -0.1) is 0 Å². The average Bonchev–Trinajstić information content (AvgIpc) is 3.04. The smallest absolute Gasteiger partial charge is 0.310 e. The van der Waals surface area contributed by atoms with Gasteiger partial charge in [-0.3, -0.25) is 9.59 Å². The Balaban J connectivity index is 1.92. The van der Waals surface area contributed by atoms with Crippen LogP contribution in [0, 0.1) is 5.41 Å². The van der Waals surface area contributed by atoms with Crippen molar-refractivity contribution in [2.45, 2.75) is 32.6 Å². The minimum Gasteiger partial charge on any atom is -0.481 e. The van der Waals surface area contributed by atoms with E-state index < -0.39 is 17.3 Å². The van der Waals surface area contributed by atoms with E-state index in [0.29, 0.717) is 5.92 Å². The molecule has 0 radical (unpaired) electrons. The van der Waals surface area contributed by atoms with Gasteiger partial charge in [-0.25, -0.2) is 0 Å². The van der Waals surface area contributed by atoms with Gasteiger partial charge in [-0.1, -0.05) is 5.16 Å². The van der Waals surface area contributed by atoms with E-state index in [2.05, 4.69) is 10.5 Å². The molecule has 6 heteroatoms. The van der Waals surface area contributed by atoms with Crippen LogP contribution < -0.4 is 5.32 Å². The molecule has 18 heavy (non-hydrogen) atoms. The number of aliphatic carboxylic acids is 1. The van der Waals surface area contributed by atoms with Crippen molar-refractivity contribution < 1.29 is 19.2 Å². The van der Waals surface area contributed by atoms with E-state index in [-0.39, 0.29) is 12.3 Å². The molecule has 0 bridgehead atoms. The number of carbonyl (C=O) groups excluding carboxylic acids is 1. The van der Waals surface area contributed by atoms with E-state index in [1.807, 2.05) is 0 Å². The van der Waals surface area contributed by atoms with Gasteiger partial charge in [0.25, 0.3) is 5.91 Å². The van der Waals surface area contributed by atoms with Crippen LogP contribution in [0.1, 0.15) is 48.9 Å². The van der Waals surface area contributed by atoms with E-state index >= 15 is 0 Å². The third-order valence-electron chi connectivity index (χ3n) is 3.02. The van der Waals surface area contributed by atoms with Crippen LogP contribution in [0.15, 0.2) is 10.6 Å². The van der Waals surface area contributed by atoms with Gasteiger partial charge in [-0.05, 0) is 26.7 Å². The Hall–Kier alpha value is -1.85. The Morgan fingerprint density at radius 1 is 1.56 bits per heavy atom. The van der Waals surface area contributed by atoms with Gasteiger partial charge in [0.15, 0.2) is 0 Å². The van der Waals surface area contributed by atoms with Gasteiger partial charge in [0.2, 0.25) is 5.76 Å². The summed E-state index contributed by atoms with van der Waals surface area (Å²) in [6.45, 7) is 3.14. The second-order valence-electron chi connectivity index (χ2n) is 5.26. The Morgan fingerprint density at radius 3 is 2.78 bits per heavy atom. The molecule has 0 spiro atoms. The molecule has 0 aliphatic heterocycles. The average molecular weight is 252 g/mol. The molecule has 2 rings (SSSR count). The third-order valence-corrected chi connectivity index (χ3v) is 3.02. The van der Waals surface area contributed by atoms with Gasteiger partial charge in [0.1, 0.15) is 0 Å². The number of carbonyl (C=O) groups is 2. The van der Waals surface area contributed by atoms with Gasteiger partial charge >= 0.3 is 5.97 Å². The first-order chi connectivity index (χ1) is 8.40. The molecular weight excluding hydrogens is 236 g/mol. The van der Waals surface area contributed by atoms with Crippen molar-refractivity contribution in [1.82, 2.24) is 10.5 Å². The van der Waals surface area contributed by atoms with Gasteiger partial charge in [0.05, 0.1) is 11.1 Å². The van der Waals surface area contributed by atoms with E-state index in [0.717, 1.165) is 18.5 Å². The summed E-state index contributed by atoms with van der Waals surface area (Å²) < 4.78 is 4.94. The molecule has 1 saturated carbocycles. The lowest BCUT2D eigenvalue weighted by Crippen LogP contribution is -2.38. The maximum Gasteiger partial charge on any atom is 0.310 e. The lowest BCUT2D eigenvalue weighted by atomic mass is 9.94. The number of carboxylic acids is 1. The molecule has 98 valence electrons. The number of hydrogen-bond acceptors (Lipinski definition) is 4. The van der Waals surface area contributed by atoms with Crippen molar-refractivity contribution in [3.8, 4) is 0 Å².